The first-order chi connectivity index (χ1) is 9.81. The van der Waals surface area contributed by atoms with E-state index in [9.17, 15) is 14.9 Å². The molecule has 0 bridgehead atoms. The van der Waals surface area contributed by atoms with Crippen molar-refractivity contribution in [3.8, 4) is 5.69 Å². The number of aromatic nitrogens is 2. The Balaban J connectivity index is 2.63. The quantitative estimate of drug-likeness (QED) is 0.672. The van der Waals surface area contributed by atoms with E-state index >= 15 is 0 Å². The van der Waals surface area contributed by atoms with Crippen molar-refractivity contribution in [1.82, 2.24) is 9.78 Å². The van der Waals surface area contributed by atoms with E-state index in [0.717, 1.165) is 0 Å². The van der Waals surface area contributed by atoms with Crippen LogP contribution in [0, 0.1) is 24.0 Å². The second-order valence-corrected chi connectivity index (χ2v) is 5.44. The van der Waals surface area contributed by atoms with E-state index in [1.807, 2.05) is 0 Å². The third-order valence-electron chi connectivity index (χ3n) is 3.13. The molecule has 0 saturated heterocycles. The Kier molecular flexibility index (Phi) is 4.08. The summed E-state index contributed by atoms with van der Waals surface area (Å²) in [6, 6.07) is 4.64. The van der Waals surface area contributed by atoms with Crippen LogP contribution >= 0.6 is 15.9 Å². The van der Waals surface area contributed by atoms with Crippen LogP contribution in [0.1, 0.15) is 17.0 Å². The number of aliphatic carboxylic acids is 1. The van der Waals surface area contributed by atoms with Gasteiger partial charge in [0.25, 0.3) is 5.69 Å². The second-order valence-electron chi connectivity index (χ2n) is 4.52. The lowest BCUT2D eigenvalue weighted by Crippen LogP contribution is -2.05. The van der Waals surface area contributed by atoms with Crippen molar-refractivity contribution in [3.63, 3.8) is 0 Å². The summed E-state index contributed by atoms with van der Waals surface area (Å²) in [6.07, 6.45) is -0.165. The molecule has 21 heavy (non-hydrogen) atoms. The standard InChI is InChI=1S/C13H12BrN3O4/c1-7-10(6-13(18)19)8(2)16(15-7)11-4-3-9(14)5-12(11)17(20)21/h3-5H,6H2,1-2H3,(H,18,19). The first kappa shape index (κ1) is 15.2. The van der Waals surface area contributed by atoms with Crippen LogP contribution in [0.25, 0.3) is 5.69 Å². The van der Waals surface area contributed by atoms with Gasteiger partial charge in [0.1, 0.15) is 5.69 Å². The SMILES string of the molecule is Cc1nn(-c2ccc(Br)cc2[N+](=O)[O-])c(C)c1CC(=O)O. The normalized spacial score (nSPS) is 10.6. The maximum absolute atomic E-state index is 11.2. The average Bonchev–Trinajstić information content (AvgIpc) is 2.66. The lowest BCUT2D eigenvalue weighted by atomic mass is 10.1. The van der Waals surface area contributed by atoms with Crippen LogP contribution in [0.4, 0.5) is 5.69 Å². The van der Waals surface area contributed by atoms with Crippen molar-refractivity contribution < 1.29 is 14.8 Å². The van der Waals surface area contributed by atoms with Crippen LogP contribution in [0.15, 0.2) is 22.7 Å². The molecular formula is C13H12BrN3O4. The van der Waals surface area contributed by atoms with Crippen LogP contribution in [0.2, 0.25) is 0 Å². The summed E-state index contributed by atoms with van der Waals surface area (Å²) in [4.78, 5) is 21.6. The number of halogens is 1. The van der Waals surface area contributed by atoms with E-state index in [0.29, 0.717) is 27.1 Å². The minimum absolute atomic E-state index is 0.100. The molecule has 1 N–H and O–H groups in total. The molecule has 0 unspecified atom stereocenters. The number of carbonyl (C=O) groups is 1. The summed E-state index contributed by atoms with van der Waals surface area (Å²) in [5.41, 5.74) is 1.91. The van der Waals surface area contributed by atoms with Crippen LogP contribution < -0.4 is 0 Å². The maximum Gasteiger partial charge on any atom is 0.307 e. The van der Waals surface area contributed by atoms with Crippen LogP contribution in [0.5, 0.6) is 0 Å². The number of aryl methyl sites for hydroxylation is 1. The Bertz CT molecular complexity index is 739. The molecule has 0 amide bonds. The van der Waals surface area contributed by atoms with Crippen molar-refractivity contribution >= 4 is 27.6 Å². The lowest BCUT2D eigenvalue weighted by molar-refractivity contribution is -0.384. The Labute approximate surface area is 128 Å². The highest BCUT2D eigenvalue weighted by atomic mass is 79.9. The molecule has 0 aliphatic heterocycles. The minimum atomic E-state index is -0.967. The first-order valence-corrected chi connectivity index (χ1v) is 6.81. The fourth-order valence-corrected chi connectivity index (χ4v) is 2.49. The summed E-state index contributed by atoms with van der Waals surface area (Å²) in [6.45, 7) is 3.39. The summed E-state index contributed by atoms with van der Waals surface area (Å²) in [5.74, 6) is -0.967. The topological polar surface area (TPSA) is 98.3 Å². The monoisotopic (exact) mass is 353 g/mol. The van der Waals surface area contributed by atoms with Gasteiger partial charge in [0, 0.05) is 21.8 Å². The van der Waals surface area contributed by atoms with Gasteiger partial charge < -0.3 is 5.11 Å². The molecule has 2 aromatic rings. The van der Waals surface area contributed by atoms with E-state index in [1.54, 1.807) is 26.0 Å². The van der Waals surface area contributed by atoms with Gasteiger partial charge in [0.05, 0.1) is 17.0 Å². The molecule has 0 saturated carbocycles. The van der Waals surface area contributed by atoms with Gasteiger partial charge in [-0.15, -0.1) is 0 Å². The molecule has 0 fully saturated rings. The Hall–Kier alpha value is -2.22. The number of carboxylic acids is 1. The Morgan fingerprint density at radius 3 is 2.71 bits per heavy atom. The molecular weight excluding hydrogens is 342 g/mol. The number of benzene rings is 1. The van der Waals surface area contributed by atoms with Crippen molar-refractivity contribution in [2.24, 2.45) is 0 Å². The second kappa shape index (κ2) is 5.65. The molecule has 0 aliphatic carbocycles. The van der Waals surface area contributed by atoms with E-state index in [2.05, 4.69) is 21.0 Å². The van der Waals surface area contributed by atoms with Crippen LogP contribution in [-0.2, 0) is 11.2 Å². The molecule has 0 atom stereocenters. The van der Waals surface area contributed by atoms with Gasteiger partial charge in [0.15, 0.2) is 0 Å². The van der Waals surface area contributed by atoms with E-state index in [1.165, 1.54) is 10.7 Å². The molecule has 8 heteroatoms. The highest BCUT2D eigenvalue weighted by Gasteiger charge is 2.21. The van der Waals surface area contributed by atoms with Crippen LogP contribution in [0.3, 0.4) is 0 Å². The molecule has 1 aromatic carbocycles. The molecule has 7 nitrogen and oxygen atoms in total. The van der Waals surface area contributed by atoms with Gasteiger partial charge >= 0.3 is 5.97 Å². The number of rotatable bonds is 4. The largest absolute Gasteiger partial charge is 0.481 e. The zero-order valence-electron chi connectivity index (χ0n) is 11.3. The number of hydrogen-bond donors (Lipinski definition) is 1. The Morgan fingerprint density at radius 2 is 2.14 bits per heavy atom. The van der Waals surface area contributed by atoms with Crippen molar-refractivity contribution in [2.45, 2.75) is 20.3 Å². The fourth-order valence-electron chi connectivity index (χ4n) is 2.14. The van der Waals surface area contributed by atoms with E-state index in [4.69, 9.17) is 5.11 Å². The lowest BCUT2D eigenvalue weighted by Gasteiger charge is -2.06. The molecule has 1 aromatic heterocycles. The van der Waals surface area contributed by atoms with Gasteiger partial charge in [-0.1, -0.05) is 15.9 Å². The summed E-state index contributed by atoms with van der Waals surface area (Å²) < 4.78 is 2.00. The predicted molar refractivity (Wildman–Crippen MR) is 78.7 cm³/mol. The zero-order chi connectivity index (χ0) is 15.7. The van der Waals surface area contributed by atoms with Crippen molar-refractivity contribution in [3.05, 3.63) is 49.7 Å². The summed E-state index contributed by atoms with van der Waals surface area (Å²) >= 11 is 3.20. The number of carboxylic acid groups (broad SMARTS) is 1. The zero-order valence-corrected chi connectivity index (χ0v) is 12.9. The third kappa shape index (κ3) is 2.94. The highest BCUT2D eigenvalue weighted by Crippen LogP contribution is 2.29. The Morgan fingerprint density at radius 1 is 1.48 bits per heavy atom. The first-order valence-electron chi connectivity index (χ1n) is 6.02. The number of nitro benzene ring substituents is 1. The molecule has 2 rings (SSSR count). The smallest absolute Gasteiger partial charge is 0.307 e. The fraction of sp³-hybridized carbons (Fsp3) is 0.231. The molecule has 110 valence electrons. The summed E-state index contributed by atoms with van der Waals surface area (Å²) in [7, 11) is 0. The highest BCUT2D eigenvalue weighted by molar-refractivity contribution is 9.10. The van der Waals surface area contributed by atoms with Gasteiger partial charge in [-0.25, -0.2) is 4.68 Å². The van der Waals surface area contributed by atoms with Crippen molar-refractivity contribution in [1.29, 1.82) is 0 Å². The van der Waals surface area contributed by atoms with Gasteiger partial charge in [-0.3, -0.25) is 14.9 Å². The minimum Gasteiger partial charge on any atom is -0.481 e. The number of hydrogen-bond acceptors (Lipinski definition) is 4. The maximum atomic E-state index is 11.2. The number of nitrogens with zero attached hydrogens (tertiary/aromatic N) is 3. The average molecular weight is 354 g/mol. The van der Waals surface area contributed by atoms with E-state index in [-0.39, 0.29) is 12.1 Å². The molecule has 1 heterocycles. The van der Waals surface area contributed by atoms with Crippen molar-refractivity contribution in [2.75, 3.05) is 0 Å². The van der Waals surface area contributed by atoms with Gasteiger partial charge in [0.2, 0.25) is 0 Å². The van der Waals surface area contributed by atoms with Gasteiger partial charge in [-0.2, -0.15) is 5.10 Å². The molecule has 0 spiro atoms. The van der Waals surface area contributed by atoms with E-state index < -0.39 is 10.9 Å². The van der Waals surface area contributed by atoms with Crippen LogP contribution in [-0.4, -0.2) is 25.8 Å². The van der Waals surface area contributed by atoms with Gasteiger partial charge in [-0.05, 0) is 26.0 Å². The molecule has 0 radical (unpaired) electrons. The predicted octanol–water partition coefficient (Wildman–Crippen LogP) is 2.79. The third-order valence-corrected chi connectivity index (χ3v) is 3.62. The molecule has 0 aliphatic rings. The summed E-state index contributed by atoms with van der Waals surface area (Å²) in [5, 5.41) is 24.3. The number of nitro groups is 1.